The second kappa shape index (κ2) is 13.1. The number of benzene rings is 2. The van der Waals surface area contributed by atoms with E-state index in [1.165, 1.54) is 19.2 Å². The molecule has 5 atom stereocenters. The van der Waals surface area contributed by atoms with Gasteiger partial charge in [-0.2, -0.15) is 0 Å². The number of carbonyl (C=O) groups is 5. The first-order chi connectivity index (χ1) is 20.3. The molecule has 2 heterocycles. The molecular formula is C27H23Cl4NO11. The molecule has 0 unspecified atom stereocenters. The van der Waals surface area contributed by atoms with E-state index in [9.17, 15) is 24.0 Å². The predicted molar refractivity (Wildman–Crippen MR) is 151 cm³/mol. The highest BCUT2D eigenvalue weighted by atomic mass is 35.5. The lowest BCUT2D eigenvalue weighted by Gasteiger charge is -2.46. The van der Waals surface area contributed by atoms with Crippen LogP contribution in [0.4, 0.5) is 0 Å². The van der Waals surface area contributed by atoms with Crippen molar-refractivity contribution in [3.8, 4) is 11.5 Å². The molecular weight excluding hydrogens is 656 g/mol. The van der Waals surface area contributed by atoms with Crippen molar-refractivity contribution in [3.05, 3.63) is 55.5 Å². The van der Waals surface area contributed by atoms with Crippen LogP contribution >= 0.6 is 46.4 Å². The molecule has 0 bridgehead atoms. The molecule has 2 aliphatic heterocycles. The Morgan fingerprint density at radius 1 is 0.767 bits per heavy atom. The number of carbonyl (C=O) groups excluding carboxylic acids is 5. The standard InChI is InChI=1S/C27H23Cl4NO11/c1-10(33)39-9-15-23(40-11(2)34)24(41-12(3)35)22(27(43-15)42-14-7-5-13(38-4)6-8-14)32-25(36)16-17(26(32)37)19(29)21(31)20(30)18(16)28/h5-8,15,22-24,27H,9H2,1-4H3/t15-,22-,23-,24-,27-/m1/s1. The fourth-order valence-corrected chi connectivity index (χ4v) is 5.69. The third kappa shape index (κ3) is 6.48. The van der Waals surface area contributed by atoms with Crippen LogP contribution in [0.1, 0.15) is 41.5 Å². The number of nitrogens with zero attached hydrogens (tertiary/aromatic N) is 1. The number of halogens is 4. The van der Waals surface area contributed by atoms with Crippen molar-refractivity contribution in [1.29, 1.82) is 0 Å². The Kier molecular flexibility index (Phi) is 9.97. The lowest BCUT2D eigenvalue weighted by atomic mass is 9.94. The molecule has 2 amide bonds. The fourth-order valence-electron chi connectivity index (χ4n) is 4.68. The molecule has 1 fully saturated rings. The Morgan fingerprint density at radius 3 is 1.72 bits per heavy atom. The van der Waals surface area contributed by atoms with Crippen molar-refractivity contribution in [3.63, 3.8) is 0 Å². The molecule has 0 spiro atoms. The first-order valence-electron chi connectivity index (χ1n) is 12.4. The molecule has 43 heavy (non-hydrogen) atoms. The number of rotatable bonds is 8. The van der Waals surface area contributed by atoms with Gasteiger partial charge in [0.1, 0.15) is 30.3 Å². The van der Waals surface area contributed by atoms with Gasteiger partial charge in [-0.15, -0.1) is 0 Å². The van der Waals surface area contributed by atoms with Crippen molar-refractivity contribution in [1.82, 2.24) is 4.90 Å². The van der Waals surface area contributed by atoms with E-state index in [-0.39, 0.29) is 37.0 Å². The summed E-state index contributed by atoms with van der Waals surface area (Å²) >= 11 is 25.0. The topological polar surface area (TPSA) is 144 Å². The van der Waals surface area contributed by atoms with E-state index in [0.717, 1.165) is 20.8 Å². The van der Waals surface area contributed by atoms with Crippen LogP contribution in [-0.4, -0.2) is 79.0 Å². The molecule has 2 aromatic carbocycles. The second-order valence-electron chi connectivity index (χ2n) is 9.26. The normalized spacial score (nSPS) is 23.0. The Morgan fingerprint density at radius 2 is 1.26 bits per heavy atom. The lowest BCUT2D eigenvalue weighted by Crippen LogP contribution is -2.68. The molecule has 2 aliphatic rings. The smallest absolute Gasteiger partial charge is 0.303 e. The van der Waals surface area contributed by atoms with E-state index in [1.807, 2.05) is 0 Å². The summed E-state index contributed by atoms with van der Waals surface area (Å²) in [5, 5.41) is -1.22. The van der Waals surface area contributed by atoms with Gasteiger partial charge in [0.25, 0.3) is 11.8 Å². The fraction of sp³-hybridized carbons (Fsp3) is 0.370. The summed E-state index contributed by atoms with van der Waals surface area (Å²) in [6.07, 6.45) is -5.99. The Hall–Kier alpha value is -3.29. The molecule has 0 saturated carbocycles. The number of amides is 2. The van der Waals surface area contributed by atoms with Crippen LogP contribution < -0.4 is 9.47 Å². The van der Waals surface area contributed by atoms with Crippen LogP contribution in [0.3, 0.4) is 0 Å². The van der Waals surface area contributed by atoms with E-state index in [0.29, 0.717) is 10.6 Å². The van der Waals surface area contributed by atoms with Crippen molar-refractivity contribution in [2.75, 3.05) is 13.7 Å². The predicted octanol–water partition coefficient (Wildman–Crippen LogP) is 4.50. The Labute approximate surface area is 264 Å². The van der Waals surface area contributed by atoms with Gasteiger partial charge in [-0.3, -0.25) is 28.9 Å². The summed E-state index contributed by atoms with van der Waals surface area (Å²) in [5.41, 5.74) is -0.719. The van der Waals surface area contributed by atoms with Gasteiger partial charge in [0.05, 0.1) is 38.3 Å². The Balaban J connectivity index is 1.89. The lowest BCUT2D eigenvalue weighted by molar-refractivity contribution is -0.265. The molecule has 16 heteroatoms. The zero-order valence-corrected chi connectivity index (χ0v) is 25.9. The zero-order chi connectivity index (χ0) is 31.7. The van der Waals surface area contributed by atoms with Gasteiger partial charge < -0.3 is 28.4 Å². The molecule has 0 radical (unpaired) electrons. The van der Waals surface area contributed by atoms with Crippen molar-refractivity contribution < 1.29 is 52.4 Å². The number of hydrogen-bond acceptors (Lipinski definition) is 11. The van der Waals surface area contributed by atoms with Crippen LogP contribution in [0, 0.1) is 0 Å². The maximum absolute atomic E-state index is 13.9. The summed E-state index contributed by atoms with van der Waals surface area (Å²) in [5.74, 6) is -3.73. The van der Waals surface area contributed by atoms with E-state index >= 15 is 0 Å². The number of fused-ring (bicyclic) bond motifs is 1. The molecule has 0 aromatic heterocycles. The average molecular weight is 679 g/mol. The van der Waals surface area contributed by atoms with Gasteiger partial charge in [-0.25, -0.2) is 0 Å². The Bertz CT molecular complexity index is 1440. The van der Waals surface area contributed by atoms with Crippen LogP contribution in [0.5, 0.6) is 11.5 Å². The van der Waals surface area contributed by atoms with Crippen molar-refractivity contribution in [2.45, 2.75) is 51.4 Å². The van der Waals surface area contributed by atoms with E-state index < -0.39 is 67.0 Å². The summed E-state index contributed by atoms with van der Waals surface area (Å²) in [6, 6.07) is 4.53. The van der Waals surface area contributed by atoms with Gasteiger partial charge in [-0.05, 0) is 24.3 Å². The maximum atomic E-state index is 13.9. The minimum Gasteiger partial charge on any atom is -0.497 e. The summed E-state index contributed by atoms with van der Waals surface area (Å²) in [6.45, 7) is 2.80. The van der Waals surface area contributed by atoms with Crippen LogP contribution in [0.2, 0.25) is 20.1 Å². The molecule has 1 saturated heterocycles. The van der Waals surface area contributed by atoms with E-state index in [4.69, 9.17) is 74.8 Å². The van der Waals surface area contributed by atoms with Gasteiger partial charge in [0.15, 0.2) is 12.2 Å². The SMILES string of the molecule is COc1ccc(O[C@@H]2O[C@H](COC(C)=O)[C@@H](OC(C)=O)[C@H](OC(C)=O)[C@H]2N2C(=O)c3c(Cl)c(Cl)c(Cl)c(Cl)c3C2=O)cc1. The van der Waals surface area contributed by atoms with Gasteiger partial charge in [-0.1, -0.05) is 46.4 Å². The number of esters is 3. The minimum absolute atomic E-state index is 0.174. The quantitative estimate of drug-likeness (QED) is 0.128. The molecule has 0 aliphatic carbocycles. The van der Waals surface area contributed by atoms with Crippen LogP contribution in [0.15, 0.2) is 24.3 Å². The number of hydrogen-bond donors (Lipinski definition) is 0. The van der Waals surface area contributed by atoms with Gasteiger partial charge >= 0.3 is 17.9 Å². The molecule has 4 rings (SSSR count). The molecule has 12 nitrogen and oxygen atoms in total. The summed E-state index contributed by atoms with van der Waals surface area (Å²) < 4.78 is 33.5. The van der Waals surface area contributed by atoms with E-state index in [2.05, 4.69) is 0 Å². The van der Waals surface area contributed by atoms with Crippen molar-refractivity contribution >= 4 is 76.1 Å². The summed E-state index contributed by atoms with van der Waals surface area (Å²) in [4.78, 5) is 64.7. The highest BCUT2D eigenvalue weighted by molar-refractivity contribution is 6.55. The highest BCUT2D eigenvalue weighted by Crippen LogP contribution is 2.46. The molecule has 2 aromatic rings. The summed E-state index contributed by atoms with van der Waals surface area (Å²) in [7, 11) is 1.46. The first kappa shape index (κ1) is 32.6. The van der Waals surface area contributed by atoms with Crippen LogP contribution in [-0.2, 0) is 33.3 Å². The number of ether oxygens (including phenoxy) is 6. The number of methoxy groups -OCH3 is 1. The van der Waals surface area contributed by atoms with Gasteiger partial charge in [0, 0.05) is 20.8 Å². The monoisotopic (exact) mass is 677 g/mol. The molecule has 230 valence electrons. The van der Waals surface area contributed by atoms with E-state index in [1.54, 1.807) is 12.1 Å². The minimum atomic E-state index is -1.62. The third-order valence-corrected chi connectivity index (χ3v) is 8.21. The van der Waals surface area contributed by atoms with Gasteiger partial charge in [0.2, 0.25) is 6.29 Å². The zero-order valence-electron chi connectivity index (χ0n) is 22.9. The second-order valence-corrected chi connectivity index (χ2v) is 10.8. The largest absolute Gasteiger partial charge is 0.497 e. The molecule has 0 N–H and O–H groups in total. The average Bonchev–Trinajstić information content (AvgIpc) is 3.20. The first-order valence-corrected chi connectivity index (χ1v) is 14.0. The third-order valence-electron chi connectivity index (χ3n) is 6.41. The van der Waals surface area contributed by atoms with Crippen molar-refractivity contribution in [2.24, 2.45) is 0 Å². The maximum Gasteiger partial charge on any atom is 0.303 e. The van der Waals surface area contributed by atoms with Crippen LogP contribution in [0.25, 0.3) is 0 Å². The number of imide groups is 1. The highest BCUT2D eigenvalue weighted by Gasteiger charge is 2.58.